The van der Waals surface area contributed by atoms with E-state index in [1.807, 2.05) is 0 Å². The molecule has 0 spiro atoms. The number of nitrogens with zero attached hydrogens (tertiary/aromatic N) is 3. The lowest BCUT2D eigenvalue weighted by Crippen LogP contribution is -2.30. The smallest absolute Gasteiger partial charge is 0.358 e. The van der Waals surface area contributed by atoms with E-state index in [0.717, 1.165) is 13.1 Å². The van der Waals surface area contributed by atoms with Gasteiger partial charge < -0.3 is 15.0 Å². The summed E-state index contributed by atoms with van der Waals surface area (Å²) < 4.78 is 4.58. The number of nitrogens with one attached hydrogen (secondary N) is 1. The fourth-order valence-electron chi connectivity index (χ4n) is 2.34. The highest BCUT2D eigenvalue weighted by molar-refractivity contribution is 5.86. The van der Waals surface area contributed by atoms with Crippen LogP contribution in [0.4, 0.5) is 5.82 Å². The molecule has 2 rings (SSSR count). The van der Waals surface area contributed by atoms with E-state index in [1.54, 1.807) is 12.1 Å². The Morgan fingerprint density at radius 2 is 2.00 bits per heavy atom. The van der Waals surface area contributed by atoms with Gasteiger partial charge in [0.05, 0.1) is 7.11 Å². The third-order valence-electron chi connectivity index (χ3n) is 3.49. The fraction of sp³-hybridized carbons (Fsp3) is 0.643. The zero-order valence-corrected chi connectivity index (χ0v) is 12.0. The molecule has 0 radical (unpaired) electrons. The molecule has 1 aliphatic rings. The van der Waals surface area contributed by atoms with Crippen molar-refractivity contribution in [1.82, 2.24) is 15.1 Å². The molecule has 0 unspecified atom stereocenters. The van der Waals surface area contributed by atoms with E-state index >= 15 is 0 Å². The normalized spacial score (nSPS) is 16.4. The standard InChI is InChI=1S/C14H22N4O2/c1-20-14(19)12-6-7-13(17-16-12)15-8-11-18-9-4-2-3-5-10-18/h6-7H,2-5,8-11H2,1H3,(H,15,17). The van der Waals surface area contributed by atoms with Crippen LogP contribution < -0.4 is 5.32 Å². The largest absolute Gasteiger partial charge is 0.464 e. The van der Waals surface area contributed by atoms with E-state index in [9.17, 15) is 4.79 Å². The molecular weight excluding hydrogens is 256 g/mol. The molecule has 2 heterocycles. The van der Waals surface area contributed by atoms with Gasteiger partial charge in [0.1, 0.15) is 5.82 Å². The number of esters is 1. The maximum absolute atomic E-state index is 11.2. The highest BCUT2D eigenvalue weighted by atomic mass is 16.5. The first-order chi connectivity index (χ1) is 9.79. The molecule has 20 heavy (non-hydrogen) atoms. The van der Waals surface area contributed by atoms with Crippen LogP contribution in [0.1, 0.15) is 36.2 Å². The van der Waals surface area contributed by atoms with Crippen LogP contribution in [0.5, 0.6) is 0 Å². The molecule has 6 nitrogen and oxygen atoms in total. The van der Waals surface area contributed by atoms with E-state index in [4.69, 9.17) is 0 Å². The van der Waals surface area contributed by atoms with Crippen LogP contribution in [-0.4, -0.2) is 54.4 Å². The van der Waals surface area contributed by atoms with Crippen LogP contribution in [0, 0.1) is 0 Å². The molecule has 0 aliphatic carbocycles. The summed E-state index contributed by atoms with van der Waals surface area (Å²) in [5.41, 5.74) is 0.227. The lowest BCUT2D eigenvalue weighted by Gasteiger charge is -2.19. The number of carbonyl (C=O) groups excluding carboxylic acids is 1. The van der Waals surface area contributed by atoms with Crippen LogP contribution >= 0.6 is 0 Å². The monoisotopic (exact) mass is 278 g/mol. The fourth-order valence-corrected chi connectivity index (χ4v) is 2.34. The molecule has 1 saturated heterocycles. The van der Waals surface area contributed by atoms with Crippen molar-refractivity contribution < 1.29 is 9.53 Å². The van der Waals surface area contributed by atoms with Gasteiger partial charge in [0.15, 0.2) is 5.69 Å². The Morgan fingerprint density at radius 1 is 1.25 bits per heavy atom. The number of methoxy groups -OCH3 is 1. The van der Waals surface area contributed by atoms with E-state index < -0.39 is 5.97 Å². The van der Waals surface area contributed by atoms with Gasteiger partial charge in [-0.25, -0.2) is 4.79 Å². The zero-order chi connectivity index (χ0) is 14.2. The average molecular weight is 278 g/mol. The number of aromatic nitrogens is 2. The van der Waals surface area contributed by atoms with Crippen LogP contribution in [0.3, 0.4) is 0 Å². The van der Waals surface area contributed by atoms with Gasteiger partial charge in [-0.05, 0) is 38.1 Å². The van der Waals surface area contributed by atoms with Gasteiger partial charge in [0, 0.05) is 13.1 Å². The Hall–Kier alpha value is -1.69. The van der Waals surface area contributed by atoms with Gasteiger partial charge in [-0.15, -0.1) is 10.2 Å². The van der Waals surface area contributed by atoms with E-state index in [-0.39, 0.29) is 5.69 Å². The first-order valence-electron chi connectivity index (χ1n) is 7.18. The predicted octanol–water partition coefficient (Wildman–Crippen LogP) is 1.55. The first-order valence-corrected chi connectivity index (χ1v) is 7.18. The quantitative estimate of drug-likeness (QED) is 0.824. The molecule has 0 saturated carbocycles. The Bertz CT molecular complexity index is 414. The maximum atomic E-state index is 11.2. The number of hydrogen-bond acceptors (Lipinski definition) is 6. The van der Waals surface area contributed by atoms with Crippen molar-refractivity contribution in [3.8, 4) is 0 Å². The molecule has 0 amide bonds. The number of hydrogen-bond donors (Lipinski definition) is 1. The number of rotatable bonds is 5. The van der Waals surface area contributed by atoms with Gasteiger partial charge in [0.2, 0.25) is 0 Å². The van der Waals surface area contributed by atoms with Crippen molar-refractivity contribution in [2.24, 2.45) is 0 Å². The molecule has 0 aromatic carbocycles. The highest BCUT2D eigenvalue weighted by Crippen LogP contribution is 2.09. The second-order valence-electron chi connectivity index (χ2n) is 4.98. The SMILES string of the molecule is COC(=O)c1ccc(NCCN2CCCCCC2)nn1. The topological polar surface area (TPSA) is 67.3 Å². The third kappa shape index (κ3) is 4.45. The summed E-state index contributed by atoms with van der Waals surface area (Å²) in [7, 11) is 1.33. The Balaban J connectivity index is 1.74. The van der Waals surface area contributed by atoms with Gasteiger partial charge in [-0.2, -0.15) is 0 Å². The molecule has 1 aromatic heterocycles. The summed E-state index contributed by atoms with van der Waals surface area (Å²) >= 11 is 0. The van der Waals surface area contributed by atoms with Crippen LogP contribution in [0.25, 0.3) is 0 Å². The second-order valence-corrected chi connectivity index (χ2v) is 4.98. The summed E-state index contributed by atoms with van der Waals surface area (Å²) in [4.78, 5) is 13.7. The van der Waals surface area contributed by atoms with E-state index in [2.05, 4.69) is 25.2 Å². The second kappa shape index (κ2) is 7.79. The average Bonchev–Trinajstić information content (AvgIpc) is 2.76. The van der Waals surface area contributed by atoms with Crippen LogP contribution in [0.2, 0.25) is 0 Å². The molecule has 1 aromatic rings. The number of likely N-dealkylation sites (tertiary alicyclic amines) is 1. The first kappa shape index (κ1) is 14.7. The van der Waals surface area contributed by atoms with Gasteiger partial charge >= 0.3 is 5.97 Å². The lowest BCUT2D eigenvalue weighted by molar-refractivity contribution is 0.0593. The van der Waals surface area contributed by atoms with Crippen molar-refractivity contribution in [2.45, 2.75) is 25.7 Å². The highest BCUT2D eigenvalue weighted by Gasteiger charge is 2.09. The molecule has 1 fully saturated rings. The van der Waals surface area contributed by atoms with Crippen molar-refractivity contribution in [3.05, 3.63) is 17.8 Å². The van der Waals surface area contributed by atoms with Gasteiger partial charge in [-0.1, -0.05) is 12.8 Å². The Labute approximate surface area is 119 Å². The lowest BCUT2D eigenvalue weighted by atomic mass is 10.2. The molecule has 6 heteroatoms. The minimum atomic E-state index is -0.464. The molecule has 1 aliphatic heterocycles. The summed E-state index contributed by atoms with van der Waals surface area (Å²) in [5.74, 6) is 0.223. The Kier molecular flexibility index (Phi) is 5.73. The Morgan fingerprint density at radius 3 is 2.60 bits per heavy atom. The van der Waals surface area contributed by atoms with Crippen molar-refractivity contribution in [3.63, 3.8) is 0 Å². The zero-order valence-electron chi connectivity index (χ0n) is 12.0. The molecular formula is C14H22N4O2. The number of anilines is 1. The molecule has 0 bridgehead atoms. The minimum Gasteiger partial charge on any atom is -0.464 e. The van der Waals surface area contributed by atoms with Crippen molar-refractivity contribution in [1.29, 1.82) is 0 Å². The molecule has 110 valence electrons. The summed E-state index contributed by atoms with van der Waals surface area (Å²) in [5, 5.41) is 11.0. The van der Waals surface area contributed by atoms with Gasteiger partial charge in [0.25, 0.3) is 0 Å². The minimum absolute atomic E-state index is 0.227. The molecule has 1 N–H and O–H groups in total. The van der Waals surface area contributed by atoms with Crippen molar-refractivity contribution >= 4 is 11.8 Å². The van der Waals surface area contributed by atoms with Crippen molar-refractivity contribution in [2.75, 3.05) is 38.6 Å². The number of carbonyl (C=O) groups is 1. The summed E-state index contributed by atoms with van der Waals surface area (Å²) in [6.45, 7) is 4.23. The maximum Gasteiger partial charge on any atom is 0.358 e. The third-order valence-corrected chi connectivity index (χ3v) is 3.49. The van der Waals surface area contributed by atoms with Crippen LogP contribution in [0.15, 0.2) is 12.1 Å². The molecule has 0 atom stereocenters. The summed E-state index contributed by atoms with van der Waals surface area (Å²) in [6.07, 6.45) is 5.30. The van der Waals surface area contributed by atoms with Crippen LogP contribution in [-0.2, 0) is 4.74 Å². The predicted molar refractivity (Wildman–Crippen MR) is 76.8 cm³/mol. The summed E-state index contributed by atoms with van der Waals surface area (Å²) in [6, 6.07) is 3.37. The van der Waals surface area contributed by atoms with E-state index in [1.165, 1.54) is 45.9 Å². The van der Waals surface area contributed by atoms with E-state index in [0.29, 0.717) is 5.82 Å². The number of ether oxygens (including phenoxy) is 1. The van der Waals surface area contributed by atoms with Gasteiger partial charge in [-0.3, -0.25) is 0 Å².